The fourth-order valence-electron chi connectivity index (χ4n) is 3.98. The van der Waals surface area contributed by atoms with Crippen molar-refractivity contribution >= 4 is 21.9 Å². The number of hydrogen-bond donors (Lipinski definition) is 0. The molecule has 0 unspecified atom stereocenters. The fourth-order valence-corrected chi connectivity index (χ4v) is 3.98. The first-order valence-electron chi connectivity index (χ1n) is 9.54. The van der Waals surface area contributed by atoms with Gasteiger partial charge in [0, 0.05) is 17.3 Å². The fraction of sp³-hybridized carbons (Fsp3) is 0.292. The molecule has 0 fully saturated rings. The van der Waals surface area contributed by atoms with Gasteiger partial charge in [0.25, 0.3) is 0 Å². The molecule has 0 bridgehead atoms. The Morgan fingerprint density at radius 1 is 0.885 bits per heavy atom. The molecule has 0 aliphatic heterocycles. The average molecular weight is 342 g/mol. The Kier molecular flexibility index (Phi) is 4.07. The van der Waals surface area contributed by atoms with Gasteiger partial charge in [-0.25, -0.2) is 0 Å². The van der Waals surface area contributed by atoms with Crippen molar-refractivity contribution in [3.05, 3.63) is 71.9 Å². The molecule has 0 atom stereocenters. The van der Waals surface area contributed by atoms with E-state index in [0.717, 1.165) is 18.4 Å². The molecule has 0 radical (unpaired) electrons. The zero-order valence-electron chi connectivity index (χ0n) is 16.1. The molecule has 132 valence electrons. The summed E-state index contributed by atoms with van der Waals surface area (Å²) in [6.07, 6.45) is 4.15. The van der Waals surface area contributed by atoms with Gasteiger partial charge in [-0.15, -0.1) is 0 Å². The van der Waals surface area contributed by atoms with Crippen LogP contribution in [0.5, 0.6) is 0 Å². The van der Waals surface area contributed by atoms with Crippen molar-refractivity contribution in [2.75, 3.05) is 0 Å². The van der Waals surface area contributed by atoms with E-state index in [4.69, 9.17) is 4.98 Å². The average Bonchev–Trinajstić information content (AvgIpc) is 3.02. The van der Waals surface area contributed by atoms with E-state index < -0.39 is 0 Å². The third kappa shape index (κ3) is 2.44. The molecule has 0 saturated heterocycles. The van der Waals surface area contributed by atoms with Gasteiger partial charge in [-0.2, -0.15) is 0 Å². The summed E-state index contributed by atoms with van der Waals surface area (Å²) in [5.74, 6) is 0. The van der Waals surface area contributed by atoms with Crippen LogP contribution in [0.15, 0.2) is 60.8 Å². The lowest BCUT2D eigenvalue weighted by atomic mass is 9.76. The molecule has 26 heavy (non-hydrogen) atoms. The second-order valence-electron chi connectivity index (χ2n) is 7.51. The van der Waals surface area contributed by atoms with Crippen LogP contribution >= 0.6 is 0 Å². The summed E-state index contributed by atoms with van der Waals surface area (Å²) in [6, 6.07) is 19.7. The highest BCUT2D eigenvalue weighted by Gasteiger charge is 2.27. The zero-order chi connectivity index (χ0) is 18.3. The van der Waals surface area contributed by atoms with Crippen molar-refractivity contribution in [1.82, 2.24) is 9.55 Å². The third-order valence-electron chi connectivity index (χ3n) is 6.05. The summed E-state index contributed by atoms with van der Waals surface area (Å²) in [6.45, 7) is 9.08. The molecule has 2 aromatic heterocycles. The lowest BCUT2D eigenvalue weighted by molar-refractivity contribution is 0.443. The van der Waals surface area contributed by atoms with Gasteiger partial charge in [0.15, 0.2) is 0 Å². The van der Waals surface area contributed by atoms with E-state index in [-0.39, 0.29) is 5.41 Å². The number of aryl methyl sites for hydroxylation is 1. The molecule has 2 nitrogen and oxygen atoms in total. The number of nitrogens with zero attached hydrogens (tertiary/aromatic N) is 2. The Hall–Kier alpha value is -2.61. The minimum absolute atomic E-state index is 0.156. The maximum atomic E-state index is 4.79. The van der Waals surface area contributed by atoms with Crippen LogP contribution in [-0.2, 0) is 5.41 Å². The van der Waals surface area contributed by atoms with E-state index >= 15 is 0 Å². The molecule has 0 spiro atoms. The standard InChI is InChI=1S/C24H26N2/c1-5-24(4,6-2)19-9-7-10-20-22(19)23-21(11-8-16-25-23)26(20)18-14-12-17(3)13-15-18/h7-16H,5-6H2,1-4H3. The topological polar surface area (TPSA) is 17.8 Å². The van der Waals surface area contributed by atoms with Crippen molar-refractivity contribution in [2.24, 2.45) is 0 Å². The van der Waals surface area contributed by atoms with Crippen LogP contribution in [-0.4, -0.2) is 9.55 Å². The van der Waals surface area contributed by atoms with Crippen molar-refractivity contribution in [1.29, 1.82) is 0 Å². The van der Waals surface area contributed by atoms with Crippen LogP contribution in [0.25, 0.3) is 27.6 Å². The van der Waals surface area contributed by atoms with E-state index in [9.17, 15) is 0 Å². The molecule has 4 aromatic rings. The maximum Gasteiger partial charge on any atom is 0.0966 e. The van der Waals surface area contributed by atoms with E-state index in [1.807, 2.05) is 12.3 Å². The quantitative estimate of drug-likeness (QED) is 0.410. The first kappa shape index (κ1) is 16.8. The summed E-state index contributed by atoms with van der Waals surface area (Å²) in [5.41, 5.74) is 7.56. The molecule has 0 saturated carbocycles. The number of benzene rings is 2. The Bertz CT molecular complexity index is 1070. The van der Waals surface area contributed by atoms with Crippen LogP contribution in [0.4, 0.5) is 0 Å². The normalized spacial score (nSPS) is 12.2. The van der Waals surface area contributed by atoms with Gasteiger partial charge in [0.1, 0.15) is 0 Å². The van der Waals surface area contributed by atoms with E-state index in [1.54, 1.807) is 0 Å². The van der Waals surface area contributed by atoms with Gasteiger partial charge in [0.05, 0.1) is 16.6 Å². The zero-order valence-corrected chi connectivity index (χ0v) is 16.1. The van der Waals surface area contributed by atoms with Gasteiger partial charge >= 0.3 is 0 Å². The van der Waals surface area contributed by atoms with Crippen LogP contribution in [0.1, 0.15) is 44.7 Å². The maximum absolute atomic E-state index is 4.79. The second kappa shape index (κ2) is 6.28. The monoisotopic (exact) mass is 342 g/mol. The number of rotatable bonds is 4. The summed E-state index contributed by atoms with van der Waals surface area (Å²) < 4.78 is 2.35. The summed E-state index contributed by atoms with van der Waals surface area (Å²) in [5, 5.41) is 1.30. The first-order chi connectivity index (χ1) is 12.6. The number of fused-ring (bicyclic) bond motifs is 3. The highest BCUT2D eigenvalue weighted by Crippen LogP contribution is 2.40. The third-order valence-corrected chi connectivity index (χ3v) is 6.05. The van der Waals surface area contributed by atoms with Crippen LogP contribution in [0.3, 0.4) is 0 Å². The number of pyridine rings is 1. The lowest BCUT2D eigenvalue weighted by Crippen LogP contribution is -2.19. The molecule has 4 rings (SSSR count). The Balaban J connectivity index is 2.15. The molecule has 2 aromatic carbocycles. The molecule has 2 heterocycles. The first-order valence-corrected chi connectivity index (χ1v) is 9.54. The van der Waals surface area contributed by atoms with Gasteiger partial charge in [-0.3, -0.25) is 4.98 Å². The SMILES string of the molecule is CCC(C)(CC)c1cccc2c1c1ncccc1n2-c1ccc(C)cc1. The molecular weight excluding hydrogens is 316 g/mol. The minimum atomic E-state index is 0.156. The van der Waals surface area contributed by atoms with Crippen LogP contribution < -0.4 is 0 Å². The molecule has 0 N–H and O–H groups in total. The van der Waals surface area contributed by atoms with Gasteiger partial charge < -0.3 is 4.57 Å². The summed E-state index contributed by atoms with van der Waals surface area (Å²) in [7, 11) is 0. The minimum Gasteiger partial charge on any atom is -0.308 e. The summed E-state index contributed by atoms with van der Waals surface area (Å²) >= 11 is 0. The molecule has 0 aliphatic rings. The van der Waals surface area contributed by atoms with Crippen LogP contribution in [0, 0.1) is 6.92 Å². The van der Waals surface area contributed by atoms with Crippen molar-refractivity contribution < 1.29 is 0 Å². The van der Waals surface area contributed by atoms with E-state index in [0.29, 0.717) is 0 Å². The lowest BCUT2D eigenvalue weighted by Gasteiger charge is -2.28. The Labute approximate surface area is 155 Å². The van der Waals surface area contributed by atoms with E-state index in [2.05, 4.69) is 80.8 Å². The van der Waals surface area contributed by atoms with Crippen molar-refractivity contribution in [2.45, 2.75) is 46.0 Å². The highest BCUT2D eigenvalue weighted by molar-refractivity contribution is 6.09. The van der Waals surface area contributed by atoms with Gasteiger partial charge in [-0.05, 0) is 61.1 Å². The van der Waals surface area contributed by atoms with Gasteiger partial charge in [0.2, 0.25) is 0 Å². The Morgan fingerprint density at radius 2 is 1.58 bits per heavy atom. The van der Waals surface area contributed by atoms with Crippen molar-refractivity contribution in [3.63, 3.8) is 0 Å². The predicted molar refractivity (Wildman–Crippen MR) is 111 cm³/mol. The second-order valence-corrected chi connectivity index (χ2v) is 7.51. The smallest absolute Gasteiger partial charge is 0.0966 e. The number of aromatic nitrogens is 2. The molecular formula is C24H26N2. The highest BCUT2D eigenvalue weighted by atomic mass is 15.0. The Morgan fingerprint density at radius 3 is 2.27 bits per heavy atom. The number of hydrogen-bond acceptors (Lipinski definition) is 1. The molecule has 0 aliphatic carbocycles. The van der Waals surface area contributed by atoms with Gasteiger partial charge in [-0.1, -0.05) is 50.6 Å². The van der Waals surface area contributed by atoms with Crippen molar-refractivity contribution in [3.8, 4) is 5.69 Å². The summed E-state index contributed by atoms with van der Waals surface area (Å²) in [4.78, 5) is 4.79. The molecule has 2 heteroatoms. The largest absolute Gasteiger partial charge is 0.308 e. The van der Waals surface area contributed by atoms with E-state index in [1.165, 1.54) is 33.2 Å². The predicted octanol–water partition coefficient (Wildman–Crippen LogP) is 6.56. The van der Waals surface area contributed by atoms with Crippen LogP contribution in [0.2, 0.25) is 0 Å². The molecule has 0 amide bonds.